The first-order valence-electron chi connectivity index (χ1n) is 6.36. The quantitative estimate of drug-likeness (QED) is 0.445. The third kappa shape index (κ3) is 5.92. The summed E-state index contributed by atoms with van der Waals surface area (Å²) in [4.78, 5) is 35.8. The van der Waals surface area contributed by atoms with Crippen LogP contribution in [0.15, 0.2) is 20.7 Å². The SMILES string of the molecule is O=C(O)CCCCCCNS(=O)(=O)c1c[nH]c(=O)[nH]c1=O. The lowest BCUT2D eigenvalue weighted by Gasteiger charge is -2.05. The monoisotopic (exact) mass is 319 g/mol. The van der Waals surface area contributed by atoms with Crippen LogP contribution in [0.25, 0.3) is 0 Å². The van der Waals surface area contributed by atoms with Crippen LogP contribution in [0.3, 0.4) is 0 Å². The zero-order valence-corrected chi connectivity index (χ0v) is 12.0. The summed E-state index contributed by atoms with van der Waals surface area (Å²) in [5.41, 5.74) is -1.76. The van der Waals surface area contributed by atoms with Crippen LogP contribution in [-0.4, -0.2) is 36.0 Å². The van der Waals surface area contributed by atoms with Crippen molar-refractivity contribution in [2.45, 2.75) is 37.0 Å². The molecule has 0 saturated heterocycles. The molecule has 0 fully saturated rings. The van der Waals surface area contributed by atoms with Crippen LogP contribution >= 0.6 is 0 Å². The molecule has 1 aromatic heterocycles. The highest BCUT2D eigenvalue weighted by atomic mass is 32.2. The van der Waals surface area contributed by atoms with Gasteiger partial charge in [0.1, 0.15) is 0 Å². The van der Waals surface area contributed by atoms with Gasteiger partial charge in [0, 0.05) is 19.2 Å². The van der Waals surface area contributed by atoms with Crippen LogP contribution in [0.4, 0.5) is 0 Å². The standard InChI is InChI=1S/C11H17N3O6S/c15-9(16)5-3-1-2-4-6-13-21(19,20)8-7-12-11(18)14-10(8)17/h7,13H,1-6H2,(H,15,16)(H2,12,14,17,18). The maximum Gasteiger partial charge on any atom is 0.325 e. The molecule has 1 aromatic rings. The zero-order valence-electron chi connectivity index (χ0n) is 11.2. The van der Waals surface area contributed by atoms with E-state index in [-0.39, 0.29) is 13.0 Å². The maximum atomic E-state index is 11.8. The molecule has 0 aromatic carbocycles. The number of carboxylic acid groups (broad SMARTS) is 1. The molecule has 21 heavy (non-hydrogen) atoms. The number of carboxylic acids is 1. The largest absolute Gasteiger partial charge is 0.481 e. The molecule has 0 spiro atoms. The molecule has 0 aliphatic heterocycles. The molecule has 0 aliphatic carbocycles. The number of nitrogens with one attached hydrogen (secondary N) is 3. The summed E-state index contributed by atoms with van der Waals surface area (Å²) in [6.45, 7) is 0.133. The fourth-order valence-corrected chi connectivity index (χ4v) is 2.71. The van der Waals surface area contributed by atoms with Gasteiger partial charge in [-0.3, -0.25) is 14.6 Å². The van der Waals surface area contributed by atoms with Gasteiger partial charge in [-0.05, 0) is 12.8 Å². The number of unbranched alkanes of at least 4 members (excludes halogenated alkanes) is 3. The van der Waals surface area contributed by atoms with E-state index in [2.05, 4.69) is 9.71 Å². The summed E-state index contributed by atoms with van der Waals surface area (Å²) in [5.74, 6) is -0.854. The summed E-state index contributed by atoms with van der Waals surface area (Å²) in [7, 11) is -3.97. The van der Waals surface area contributed by atoms with Crippen molar-refractivity contribution in [3.63, 3.8) is 0 Å². The van der Waals surface area contributed by atoms with Crippen LogP contribution in [-0.2, 0) is 14.8 Å². The zero-order chi connectivity index (χ0) is 15.9. The number of hydrogen-bond donors (Lipinski definition) is 4. The van der Waals surface area contributed by atoms with Gasteiger partial charge in [-0.25, -0.2) is 17.9 Å². The number of aromatic nitrogens is 2. The van der Waals surface area contributed by atoms with Crippen molar-refractivity contribution in [1.29, 1.82) is 0 Å². The van der Waals surface area contributed by atoms with Crippen molar-refractivity contribution in [2.24, 2.45) is 0 Å². The lowest BCUT2D eigenvalue weighted by molar-refractivity contribution is -0.137. The van der Waals surface area contributed by atoms with Crippen molar-refractivity contribution in [3.8, 4) is 0 Å². The normalized spacial score (nSPS) is 11.4. The van der Waals surface area contributed by atoms with Gasteiger partial charge in [0.15, 0.2) is 4.90 Å². The molecule has 10 heteroatoms. The first-order chi connectivity index (χ1) is 9.83. The molecule has 0 saturated carbocycles. The lowest BCUT2D eigenvalue weighted by Crippen LogP contribution is -2.33. The lowest BCUT2D eigenvalue weighted by atomic mass is 10.1. The molecule has 0 unspecified atom stereocenters. The average molecular weight is 319 g/mol. The second-order valence-corrected chi connectivity index (χ2v) is 6.13. The second kappa shape index (κ2) is 7.74. The topological polar surface area (TPSA) is 149 Å². The van der Waals surface area contributed by atoms with Gasteiger partial charge in [-0.2, -0.15) is 0 Å². The maximum absolute atomic E-state index is 11.8. The summed E-state index contributed by atoms with van der Waals surface area (Å²) < 4.78 is 25.9. The van der Waals surface area contributed by atoms with Gasteiger partial charge in [0.25, 0.3) is 5.56 Å². The molecular formula is C11H17N3O6S. The summed E-state index contributed by atoms with van der Waals surface area (Å²) in [6.07, 6.45) is 3.38. The first kappa shape index (κ1) is 17.1. The minimum atomic E-state index is -3.97. The predicted octanol–water partition coefficient (Wildman–Crippen LogP) is -0.623. The third-order valence-electron chi connectivity index (χ3n) is 2.68. The molecule has 0 amide bonds. The van der Waals surface area contributed by atoms with Crippen LogP contribution in [0, 0.1) is 0 Å². The molecule has 1 heterocycles. The summed E-state index contributed by atoms with van der Waals surface area (Å²) in [6, 6.07) is 0. The van der Waals surface area contributed by atoms with Crippen molar-refractivity contribution < 1.29 is 18.3 Å². The Bertz CT molecular complexity index is 690. The average Bonchev–Trinajstić information content (AvgIpc) is 2.36. The molecule has 0 radical (unpaired) electrons. The Labute approximate surface area is 120 Å². The number of carbonyl (C=O) groups is 1. The number of aromatic amines is 2. The Hall–Kier alpha value is -1.94. The Kier molecular flexibility index (Phi) is 6.31. The molecule has 118 valence electrons. The number of aliphatic carboxylic acids is 1. The Morgan fingerprint density at radius 2 is 1.86 bits per heavy atom. The van der Waals surface area contributed by atoms with Crippen molar-refractivity contribution in [3.05, 3.63) is 27.0 Å². The van der Waals surface area contributed by atoms with E-state index in [1.807, 2.05) is 4.98 Å². The van der Waals surface area contributed by atoms with E-state index < -0.39 is 32.1 Å². The number of rotatable bonds is 9. The van der Waals surface area contributed by atoms with E-state index >= 15 is 0 Å². The van der Waals surface area contributed by atoms with E-state index in [4.69, 9.17) is 5.11 Å². The van der Waals surface area contributed by atoms with E-state index in [9.17, 15) is 22.8 Å². The molecule has 4 N–H and O–H groups in total. The van der Waals surface area contributed by atoms with Crippen LogP contribution in [0.1, 0.15) is 32.1 Å². The van der Waals surface area contributed by atoms with E-state index in [0.717, 1.165) is 6.20 Å². The van der Waals surface area contributed by atoms with Crippen LogP contribution in [0.2, 0.25) is 0 Å². The number of hydrogen-bond acceptors (Lipinski definition) is 5. The van der Waals surface area contributed by atoms with Crippen LogP contribution < -0.4 is 16.0 Å². The molecule has 0 aliphatic rings. The molecule has 1 rings (SSSR count). The van der Waals surface area contributed by atoms with Gasteiger partial charge in [-0.15, -0.1) is 0 Å². The highest BCUT2D eigenvalue weighted by Gasteiger charge is 2.17. The molecule has 0 bridgehead atoms. The van der Waals surface area contributed by atoms with Gasteiger partial charge >= 0.3 is 11.7 Å². The predicted molar refractivity (Wildman–Crippen MR) is 73.6 cm³/mol. The Morgan fingerprint density at radius 3 is 2.48 bits per heavy atom. The molecular weight excluding hydrogens is 302 g/mol. The Morgan fingerprint density at radius 1 is 1.19 bits per heavy atom. The van der Waals surface area contributed by atoms with E-state index in [1.165, 1.54) is 0 Å². The number of sulfonamides is 1. The minimum Gasteiger partial charge on any atom is -0.481 e. The molecule has 9 nitrogen and oxygen atoms in total. The van der Waals surface area contributed by atoms with E-state index in [1.54, 1.807) is 0 Å². The minimum absolute atomic E-state index is 0.0957. The van der Waals surface area contributed by atoms with E-state index in [0.29, 0.717) is 25.7 Å². The van der Waals surface area contributed by atoms with Crippen molar-refractivity contribution >= 4 is 16.0 Å². The van der Waals surface area contributed by atoms with Crippen LogP contribution in [0.5, 0.6) is 0 Å². The fraction of sp³-hybridized carbons (Fsp3) is 0.545. The van der Waals surface area contributed by atoms with Gasteiger partial charge in [-0.1, -0.05) is 12.8 Å². The molecule has 0 atom stereocenters. The second-order valence-electron chi connectivity index (χ2n) is 4.39. The fourth-order valence-electron chi connectivity index (χ4n) is 1.64. The van der Waals surface area contributed by atoms with Crippen molar-refractivity contribution in [2.75, 3.05) is 6.54 Å². The highest BCUT2D eigenvalue weighted by Crippen LogP contribution is 2.03. The number of H-pyrrole nitrogens is 2. The van der Waals surface area contributed by atoms with Gasteiger partial charge < -0.3 is 10.1 Å². The smallest absolute Gasteiger partial charge is 0.325 e. The van der Waals surface area contributed by atoms with Gasteiger partial charge in [0.2, 0.25) is 10.0 Å². The van der Waals surface area contributed by atoms with Gasteiger partial charge in [0.05, 0.1) is 0 Å². The third-order valence-corrected chi connectivity index (χ3v) is 4.15. The first-order valence-corrected chi connectivity index (χ1v) is 7.85. The highest BCUT2D eigenvalue weighted by molar-refractivity contribution is 7.89. The summed E-state index contributed by atoms with van der Waals surface area (Å²) in [5, 5.41) is 8.44. The Balaban J connectivity index is 2.42. The van der Waals surface area contributed by atoms with Crippen molar-refractivity contribution in [1.82, 2.24) is 14.7 Å². The summed E-state index contributed by atoms with van der Waals surface area (Å²) >= 11 is 0.